The molecule has 18 heavy (non-hydrogen) atoms. The zero-order chi connectivity index (χ0) is 13.4. The summed E-state index contributed by atoms with van der Waals surface area (Å²) in [5.41, 5.74) is 1.21. The van der Waals surface area contributed by atoms with Gasteiger partial charge in [-0.15, -0.1) is 5.10 Å². The van der Waals surface area contributed by atoms with E-state index in [4.69, 9.17) is 0 Å². The van der Waals surface area contributed by atoms with Gasteiger partial charge in [0.2, 0.25) is 0 Å². The van der Waals surface area contributed by atoms with Gasteiger partial charge in [-0.05, 0) is 36.8 Å². The Morgan fingerprint density at radius 3 is 2.39 bits per heavy atom. The average Bonchev–Trinajstić information content (AvgIpc) is 2.83. The Morgan fingerprint density at radius 1 is 1.11 bits per heavy atom. The molecule has 3 nitrogen and oxygen atoms in total. The summed E-state index contributed by atoms with van der Waals surface area (Å²) >= 11 is 1.58. The molecule has 4 heteroatoms. The van der Waals surface area contributed by atoms with Crippen LogP contribution in [0.2, 0.25) is 0 Å². The predicted molar refractivity (Wildman–Crippen MR) is 79.0 cm³/mol. The van der Waals surface area contributed by atoms with Crippen LogP contribution >= 0.6 is 11.5 Å². The van der Waals surface area contributed by atoms with Crippen molar-refractivity contribution in [3.63, 3.8) is 0 Å². The van der Waals surface area contributed by atoms with Gasteiger partial charge in [0.15, 0.2) is 0 Å². The molecule has 0 aromatic carbocycles. The van der Waals surface area contributed by atoms with Gasteiger partial charge in [0.25, 0.3) is 0 Å². The minimum Gasteiger partial charge on any atom is -0.309 e. The first-order chi connectivity index (χ1) is 8.78. The number of nitrogens with one attached hydrogen (secondary N) is 1. The van der Waals surface area contributed by atoms with Crippen LogP contribution in [0, 0.1) is 5.92 Å². The van der Waals surface area contributed by atoms with E-state index in [1.165, 1.54) is 29.8 Å². The van der Waals surface area contributed by atoms with Crippen LogP contribution in [0.1, 0.15) is 70.0 Å². The van der Waals surface area contributed by atoms with Crippen molar-refractivity contribution in [2.24, 2.45) is 5.92 Å². The molecule has 0 aliphatic heterocycles. The Kier molecular flexibility index (Phi) is 7.44. The zero-order valence-electron chi connectivity index (χ0n) is 12.2. The summed E-state index contributed by atoms with van der Waals surface area (Å²) in [6, 6.07) is 0.446. The second-order valence-corrected chi connectivity index (χ2v) is 5.63. The van der Waals surface area contributed by atoms with Crippen LogP contribution in [0.5, 0.6) is 0 Å². The third kappa shape index (κ3) is 4.02. The van der Waals surface area contributed by atoms with Gasteiger partial charge in [-0.1, -0.05) is 51.4 Å². The smallest absolute Gasteiger partial charge is 0.0803 e. The Morgan fingerprint density at radius 2 is 1.83 bits per heavy atom. The van der Waals surface area contributed by atoms with E-state index in [0.29, 0.717) is 12.0 Å². The van der Waals surface area contributed by atoms with Crippen LogP contribution in [-0.4, -0.2) is 16.1 Å². The minimum absolute atomic E-state index is 0.446. The molecule has 0 fully saturated rings. The van der Waals surface area contributed by atoms with Gasteiger partial charge < -0.3 is 5.32 Å². The lowest BCUT2D eigenvalue weighted by molar-refractivity contribution is 0.344. The average molecular weight is 269 g/mol. The second kappa shape index (κ2) is 8.59. The molecule has 0 radical (unpaired) electrons. The highest BCUT2D eigenvalue weighted by Crippen LogP contribution is 2.31. The molecule has 1 aromatic heterocycles. The Bertz CT molecular complexity index is 321. The molecular formula is C14H27N3S. The molecular weight excluding hydrogens is 242 g/mol. The SMILES string of the molecule is CCCNC(c1snnc1CCC)C(CC)CC. The topological polar surface area (TPSA) is 37.8 Å². The minimum atomic E-state index is 0.446. The predicted octanol–water partition coefficient (Wildman–Crippen LogP) is 3.97. The van der Waals surface area contributed by atoms with Crippen molar-refractivity contribution >= 4 is 11.5 Å². The fraction of sp³-hybridized carbons (Fsp3) is 0.857. The molecule has 104 valence electrons. The van der Waals surface area contributed by atoms with Crippen molar-refractivity contribution in [1.29, 1.82) is 0 Å². The van der Waals surface area contributed by atoms with Crippen molar-refractivity contribution < 1.29 is 0 Å². The summed E-state index contributed by atoms with van der Waals surface area (Å²) in [5.74, 6) is 0.689. The van der Waals surface area contributed by atoms with Gasteiger partial charge in [0, 0.05) is 6.04 Å². The van der Waals surface area contributed by atoms with Crippen molar-refractivity contribution in [3.05, 3.63) is 10.6 Å². The van der Waals surface area contributed by atoms with Gasteiger partial charge in [-0.2, -0.15) is 0 Å². The lowest BCUT2D eigenvalue weighted by Gasteiger charge is -2.25. The monoisotopic (exact) mass is 269 g/mol. The van der Waals surface area contributed by atoms with Crippen molar-refractivity contribution in [2.45, 2.75) is 65.8 Å². The second-order valence-electron chi connectivity index (χ2n) is 4.84. The van der Waals surface area contributed by atoms with Gasteiger partial charge in [0.1, 0.15) is 0 Å². The number of aromatic nitrogens is 2. The number of nitrogens with zero attached hydrogens (tertiary/aromatic N) is 2. The van der Waals surface area contributed by atoms with Crippen LogP contribution in [0.15, 0.2) is 0 Å². The van der Waals surface area contributed by atoms with Crippen molar-refractivity contribution in [3.8, 4) is 0 Å². The molecule has 1 aromatic rings. The molecule has 0 spiro atoms. The first kappa shape index (κ1) is 15.6. The molecule has 0 saturated heterocycles. The third-order valence-electron chi connectivity index (χ3n) is 3.49. The fourth-order valence-corrected chi connectivity index (χ4v) is 3.26. The summed E-state index contributed by atoms with van der Waals surface area (Å²) in [6.45, 7) is 10.1. The van der Waals surface area contributed by atoms with E-state index in [0.717, 1.165) is 19.4 Å². The molecule has 0 aliphatic rings. The van der Waals surface area contributed by atoms with Gasteiger partial charge in [0.05, 0.1) is 10.6 Å². The molecule has 0 amide bonds. The van der Waals surface area contributed by atoms with Crippen molar-refractivity contribution in [2.75, 3.05) is 6.54 Å². The van der Waals surface area contributed by atoms with E-state index in [-0.39, 0.29) is 0 Å². The van der Waals surface area contributed by atoms with Gasteiger partial charge in [-0.3, -0.25) is 0 Å². The third-order valence-corrected chi connectivity index (χ3v) is 4.34. The van der Waals surface area contributed by atoms with Crippen LogP contribution in [0.4, 0.5) is 0 Å². The fourth-order valence-electron chi connectivity index (χ4n) is 2.40. The number of hydrogen-bond donors (Lipinski definition) is 1. The first-order valence-electron chi connectivity index (χ1n) is 7.32. The maximum atomic E-state index is 4.31. The molecule has 1 atom stereocenters. The maximum Gasteiger partial charge on any atom is 0.0803 e. The van der Waals surface area contributed by atoms with Crippen LogP contribution < -0.4 is 5.32 Å². The van der Waals surface area contributed by atoms with E-state index >= 15 is 0 Å². The van der Waals surface area contributed by atoms with Gasteiger partial charge in [-0.25, -0.2) is 0 Å². The quantitative estimate of drug-likeness (QED) is 0.737. The maximum absolute atomic E-state index is 4.31. The van der Waals surface area contributed by atoms with Crippen molar-refractivity contribution in [1.82, 2.24) is 14.9 Å². The standard InChI is InChI=1S/C14H27N3S/c1-5-9-12-14(18-17-16-12)13(15-10-6-2)11(7-3)8-4/h11,13,15H,5-10H2,1-4H3. The number of hydrogen-bond acceptors (Lipinski definition) is 4. The van der Waals surface area contributed by atoms with E-state index in [9.17, 15) is 0 Å². The normalized spacial score (nSPS) is 13.2. The van der Waals surface area contributed by atoms with E-state index in [1.807, 2.05) is 0 Å². The molecule has 1 heterocycles. The molecule has 1 rings (SSSR count). The Hall–Kier alpha value is -0.480. The highest BCUT2D eigenvalue weighted by atomic mass is 32.1. The summed E-state index contributed by atoms with van der Waals surface area (Å²) in [7, 11) is 0. The Labute approximate surface area is 116 Å². The molecule has 0 aliphatic carbocycles. The Balaban J connectivity index is 2.89. The summed E-state index contributed by atoms with van der Waals surface area (Å²) < 4.78 is 4.17. The van der Waals surface area contributed by atoms with E-state index < -0.39 is 0 Å². The molecule has 0 saturated carbocycles. The number of rotatable bonds is 9. The molecule has 0 bridgehead atoms. The summed E-state index contributed by atoms with van der Waals surface area (Å²) in [6.07, 6.45) is 5.78. The number of aryl methyl sites for hydroxylation is 1. The van der Waals surface area contributed by atoms with Crippen LogP contribution in [-0.2, 0) is 6.42 Å². The van der Waals surface area contributed by atoms with E-state index in [2.05, 4.69) is 42.6 Å². The van der Waals surface area contributed by atoms with Crippen LogP contribution in [0.25, 0.3) is 0 Å². The molecule has 1 unspecified atom stereocenters. The summed E-state index contributed by atoms with van der Waals surface area (Å²) in [5, 5.41) is 8.02. The zero-order valence-corrected chi connectivity index (χ0v) is 13.0. The highest BCUT2D eigenvalue weighted by Gasteiger charge is 2.24. The first-order valence-corrected chi connectivity index (χ1v) is 8.10. The molecule has 1 N–H and O–H groups in total. The lowest BCUT2D eigenvalue weighted by Crippen LogP contribution is -2.28. The van der Waals surface area contributed by atoms with E-state index in [1.54, 1.807) is 11.5 Å². The van der Waals surface area contributed by atoms with Crippen LogP contribution in [0.3, 0.4) is 0 Å². The summed E-state index contributed by atoms with van der Waals surface area (Å²) in [4.78, 5) is 1.37. The van der Waals surface area contributed by atoms with Gasteiger partial charge >= 0.3 is 0 Å². The largest absolute Gasteiger partial charge is 0.309 e. The highest BCUT2D eigenvalue weighted by molar-refractivity contribution is 7.05. The lowest BCUT2D eigenvalue weighted by atomic mass is 9.91.